The van der Waals surface area contributed by atoms with Crippen molar-refractivity contribution in [3.8, 4) is 23.7 Å². The Hall–Kier alpha value is -3.37. The number of hydrogen-bond donors (Lipinski definition) is 0. The quantitative estimate of drug-likeness (QED) is 0.253. The molecule has 0 amide bonds. The smallest absolute Gasteiger partial charge is 0.279 e. The second kappa shape index (κ2) is 10.8. The summed E-state index contributed by atoms with van der Waals surface area (Å²) >= 11 is 0. The zero-order valence-electron chi connectivity index (χ0n) is 18.9. The minimum absolute atomic E-state index is 0.0832. The summed E-state index contributed by atoms with van der Waals surface area (Å²) in [5.74, 6) is 10.6. The minimum atomic E-state index is -2.57. The molecular formula is C29H28O2Si. The summed E-state index contributed by atoms with van der Waals surface area (Å²) in [6.45, 7) is 7.19. The largest absolute Gasteiger partial charge is 0.406 e. The van der Waals surface area contributed by atoms with Gasteiger partial charge in [0, 0.05) is 18.6 Å². The van der Waals surface area contributed by atoms with Crippen molar-refractivity contribution < 1.29 is 9.22 Å². The Balaban J connectivity index is 1.77. The molecule has 0 atom stereocenters. The van der Waals surface area contributed by atoms with Gasteiger partial charge in [0.15, 0.2) is 0 Å². The van der Waals surface area contributed by atoms with Crippen molar-refractivity contribution in [1.29, 1.82) is 0 Å². The SMILES string of the molecule is CC(C)(C)[Si](OCCC#CC(=O)C#Cc1ccccc1)(c1ccccc1)c1ccccc1. The molecule has 2 nitrogen and oxygen atoms in total. The monoisotopic (exact) mass is 436 g/mol. The van der Waals surface area contributed by atoms with Gasteiger partial charge >= 0.3 is 0 Å². The summed E-state index contributed by atoms with van der Waals surface area (Å²) in [7, 11) is -2.57. The highest BCUT2D eigenvalue weighted by atomic mass is 28.4. The van der Waals surface area contributed by atoms with Gasteiger partial charge < -0.3 is 4.43 Å². The summed E-state index contributed by atoms with van der Waals surface area (Å²) in [6, 6.07) is 30.4. The average molecular weight is 437 g/mol. The average Bonchev–Trinajstić information content (AvgIpc) is 2.81. The summed E-state index contributed by atoms with van der Waals surface area (Å²) in [5.41, 5.74) is 0.803. The van der Waals surface area contributed by atoms with Gasteiger partial charge in [0.2, 0.25) is 0 Å². The number of hydrogen-bond acceptors (Lipinski definition) is 2. The van der Waals surface area contributed by atoms with Crippen LogP contribution in [0.3, 0.4) is 0 Å². The van der Waals surface area contributed by atoms with Crippen LogP contribution in [-0.2, 0) is 9.22 Å². The van der Waals surface area contributed by atoms with Gasteiger partial charge in [0.1, 0.15) is 0 Å². The predicted molar refractivity (Wildman–Crippen MR) is 134 cm³/mol. The highest BCUT2D eigenvalue weighted by molar-refractivity contribution is 6.99. The number of benzene rings is 3. The molecule has 0 fully saturated rings. The molecule has 160 valence electrons. The summed E-state index contributed by atoms with van der Waals surface area (Å²) < 4.78 is 6.77. The normalized spacial score (nSPS) is 11.0. The standard InChI is InChI=1S/C29H28O2Si/c1-29(2,3)32(27-18-9-5-10-19-27,28-20-11-6-12-21-28)31-24-14-13-17-26(30)23-22-25-15-7-4-8-16-25/h4-12,15-16,18-21H,14,24H2,1-3H3. The van der Waals surface area contributed by atoms with Crippen molar-refractivity contribution in [1.82, 2.24) is 0 Å². The number of Topliss-reactive ketones (excluding diaryl/α,β-unsaturated/α-hetero) is 1. The molecule has 3 aromatic carbocycles. The van der Waals surface area contributed by atoms with Crippen molar-refractivity contribution in [2.75, 3.05) is 6.61 Å². The van der Waals surface area contributed by atoms with Crippen molar-refractivity contribution in [3.05, 3.63) is 96.6 Å². The lowest BCUT2D eigenvalue weighted by Crippen LogP contribution is -2.66. The molecule has 0 bridgehead atoms. The maximum atomic E-state index is 12.0. The van der Waals surface area contributed by atoms with Crippen LogP contribution in [0.15, 0.2) is 91.0 Å². The maximum absolute atomic E-state index is 12.0. The van der Waals surface area contributed by atoms with Gasteiger partial charge in [-0.2, -0.15) is 0 Å². The lowest BCUT2D eigenvalue weighted by molar-refractivity contribution is -0.108. The Morgan fingerprint density at radius 1 is 0.781 bits per heavy atom. The fourth-order valence-electron chi connectivity index (χ4n) is 3.84. The highest BCUT2D eigenvalue weighted by Crippen LogP contribution is 2.36. The van der Waals surface area contributed by atoms with Gasteiger partial charge in [-0.25, -0.2) is 0 Å². The number of carbonyl (C=O) groups excluding carboxylic acids is 1. The molecular weight excluding hydrogens is 408 g/mol. The topological polar surface area (TPSA) is 26.3 Å². The van der Waals surface area contributed by atoms with Crippen LogP contribution in [0.5, 0.6) is 0 Å². The van der Waals surface area contributed by atoms with E-state index < -0.39 is 8.32 Å². The third-order valence-electron chi connectivity index (χ3n) is 5.26. The molecule has 0 saturated carbocycles. The first kappa shape index (κ1) is 23.3. The first-order valence-electron chi connectivity index (χ1n) is 10.8. The third kappa shape index (κ3) is 5.65. The molecule has 0 saturated heterocycles. The number of rotatable bonds is 5. The third-order valence-corrected chi connectivity index (χ3v) is 10.3. The molecule has 0 aromatic heterocycles. The van der Waals surface area contributed by atoms with Gasteiger partial charge in [-0.15, -0.1) is 0 Å². The Kier molecular flexibility index (Phi) is 7.85. The summed E-state index contributed by atoms with van der Waals surface area (Å²) in [4.78, 5) is 12.0. The van der Waals surface area contributed by atoms with E-state index >= 15 is 0 Å². The van der Waals surface area contributed by atoms with E-state index in [0.717, 1.165) is 5.56 Å². The first-order valence-corrected chi connectivity index (χ1v) is 12.7. The molecule has 0 aliphatic carbocycles. The van der Waals surface area contributed by atoms with Gasteiger partial charge in [0.05, 0.1) is 0 Å². The van der Waals surface area contributed by atoms with E-state index in [9.17, 15) is 4.79 Å². The van der Waals surface area contributed by atoms with Crippen molar-refractivity contribution in [2.45, 2.75) is 32.2 Å². The molecule has 0 aliphatic heterocycles. The van der Waals surface area contributed by atoms with Crippen LogP contribution in [0.4, 0.5) is 0 Å². The summed E-state index contributed by atoms with van der Waals surface area (Å²) in [5, 5.41) is 2.38. The van der Waals surface area contributed by atoms with Crippen LogP contribution < -0.4 is 10.4 Å². The van der Waals surface area contributed by atoms with Crippen LogP contribution in [0.2, 0.25) is 5.04 Å². The lowest BCUT2D eigenvalue weighted by atomic mass is 10.2. The molecule has 0 N–H and O–H groups in total. The predicted octanol–water partition coefficient (Wildman–Crippen LogP) is 4.58. The molecule has 32 heavy (non-hydrogen) atoms. The molecule has 0 aliphatic rings. The van der Waals surface area contributed by atoms with Gasteiger partial charge in [-0.05, 0) is 39.4 Å². The van der Waals surface area contributed by atoms with Crippen LogP contribution in [0, 0.1) is 23.7 Å². The molecule has 0 spiro atoms. The van der Waals surface area contributed by atoms with Crippen LogP contribution in [-0.4, -0.2) is 20.7 Å². The van der Waals surface area contributed by atoms with E-state index in [2.05, 4.69) is 93.0 Å². The Labute approximate surface area is 192 Å². The number of carbonyl (C=O) groups is 1. The second-order valence-electron chi connectivity index (χ2n) is 8.51. The van der Waals surface area contributed by atoms with Crippen LogP contribution in [0.1, 0.15) is 32.8 Å². The first-order chi connectivity index (χ1) is 15.4. The zero-order chi connectivity index (χ0) is 22.9. The van der Waals surface area contributed by atoms with E-state index in [1.807, 2.05) is 42.5 Å². The van der Waals surface area contributed by atoms with Crippen molar-refractivity contribution in [3.63, 3.8) is 0 Å². The van der Waals surface area contributed by atoms with Gasteiger partial charge in [0.25, 0.3) is 14.1 Å². The van der Waals surface area contributed by atoms with Crippen molar-refractivity contribution in [2.24, 2.45) is 0 Å². The minimum Gasteiger partial charge on any atom is -0.406 e. The zero-order valence-corrected chi connectivity index (χ0v) is 19.9. The van der Waals surface area contributed by atoms with E-state index in [-0.39, 0.29) is 10.8 Å². The molecule has 3 heteroatoms. The fraction of sp³-hybridized carbons (Fsp3) is 0.207. The Morgan fingerprint density at radius 2 is 1.28 bits per heavy atom. The molecule has 0 heterocycles. The second-order valence-corrected chi connectivity index (χ2v) is 12.8. The lowest BCUT2D eigenvalue weighted by Gasteiger charge is -2.43. The highest BCUT2D eigenvalue weighted by Gasteiger charge is 2.49. The van der Waals surface area contributed by atoms with Crippen LogP contribution in [0.25, 0.3) is 0 Å². The van der Waals surface area contributed by atoms with Crippen LogP contribution >= 0.6 is 0 Å². The van der Waals surface area contributed by atoms with E-state index in [1.165, 1.54) is 10.4 Å². The Morgan fingerprint density at radius 3 is 1.78 bits per heavy atom. The maximum Gasteiger partial charge on any atom is 0.279 e. The fourth-order valence-corrected chi connectivity index (χ4v) is 8.40. The van der Waals surface area contributed by atoms with E-state index in [0.29, 0.717) is 13.0 Å². The summed E-state index contributed by atoms with van der Waals surface area (Å²) in [6.07, 6.45) is 0.475. The van der Waals surface area contributed by atoms with Gasteiger partial charge in [-0.3, -0.25) is 4.79 Å². The van der Waals surface area contributed by atoms with E-state index in [1.54, 1.807) is 0 Å². The van der Waals surface area contributed by atoms with Crippen molar-refractivity contribution >= 4 is 24.5 Å². The number of ketones is 1. The molecule has 0 radical (unpaired) electrons. The Bertz CT molecular complexity index is 1100. The van der Waals surface area contributed by atoms with Gasteiger partial charge in [-0.1, -0.05) is 111 Å². The molecule has 3 rings (SSSR count). The molecule has 0 unspecified atom stereocenters. The molecule has 3 aromatic rings. The van der Waals surface area contributed by atoms with E-state index in [4.69, 9.17) is 4.43 Å².